The molecule has 1 atom stereocenters. The Morgan fingerprint density at radius 3 is 2.84 bits per heavy atom. The number of thioether (sulfide) groups is 1. The standard InChI is InChI=1S/C22H22N4O4S/c27-21(23-13-19-10-5-11-30-19)15-31-22-24-20(14-25(22)17-7-2-1-3-8-17)16-6-4-9-18(12-16)26(28)29/h1-4,6-9,12,14,19H,5,10-11,13,15H2,(H,23,27)/t19-/m1/s1. The van der Waals surface area contributed by atoms with E-state index in [1.54, 1.807) is 12.1 Å². The van der Waals surface area contributed by atoms with E-state index >= 15 is 0 Å². The Hall–Kier alpha value is -3.17. The zero-order valence-electron chi connectivity index (χ0n) is 16.8. The number of ether oxygens (including phenoxy) is 1. The van der Waals surface area contributed by atoms with Gasteiger partial charge < -0.3 is 10.1 Å². The van der Waals surface area contributed by atoms with Gasteiger partial charge in [0.05, 0.1) is 22.5 Å². The highest BCUT2D eigenvalue weighted by Gasteiger charge is 2.18. The highest BCUT2D eigenvalue weighted by molar-refractivity contribution is 7.99. The van der Waals surface area contributed by atoms with E-state index in [4.69, 9.17) is 4.74 Å². The maximum atomic E-state index is 12.3. The summed E-state index contributed by atoms with van der Waals surface area (Å²) in [5.74, 6) is 0.130. The number of nitrogens with one attached hydrogen (secondary N) is 1. The summed E-state index contributed by atoms with van der Waals surface area (Å²) < 4.78 is 7.43. The highest BCUT2D eigenvalue weighted by atomic mass is 32.2. The molecule has 0 radical (unpaired) electrons. The van der Waals surface area contributed by atoms with Crippen LogP contribution >= 0.6 is 11.8 Å². The van der Waals surface area contributed by atoms with Crippen molar-refractivity contribution in [2.75, 3.05) is 18.9 Å². The molecule has 1 saturated heterocycles. The molecule has 9 heteroatoms. The quantitative estimate of drug-likeness (QED) is 0.326. The zero-order chi connectivity index (χ0) is 21.6. The summed E-state index contributed by atoms with van der Waals surface area (Å²) in [5, 5.41) is 14.7. The molecule has 0 bridgehead atoms. The number of amides is 1. The van der Waals surface area contributed by atoms with E-state index in [0.29, 0.717) is 23.0 Å². The van der Waals surface area contributed by atoms with E-state index < -0.39 is 4.92 Å². The van der Waals surface area contributed by atoms with Gasteiger partial charge in [-0.15, -0.1) is 0 Å². The number of carbonyl (C=O) groups excluding carboxylic acids is 1. The molecule has 0 aliphatic carbocycles. The number of hydrogen-bond donors (Lipinski definition) is 1. The van der Waals surface area contributed by atoms with Crippen LogP contribution in [0.4, 0.5) is 5.69 Å². The maximum Gasteiger partial charge on any atom is 0.270 e. The molecule has 3 aromatic rings. The van der Waals surface area contributed by atoms with Crippen LogP contribution in [0.1, 0.15) is 12.8 Å². The molecule has 1 aromatic heterocycles. The summed E-state index contributed by atoms with van der Waals surface area (Å²) in [4.78, 5) is 27.7. The van der Waals surface area contributed by atoms with Gasteiger partial charge in [-0.3, -0.25) is 19.5 Å². The molecule has 2 aromatic carbocycles. The van der Waals surface area contributed by atoms with Crippen molar-refractivity contribution >= 4 is 23.4 Å². The molecule has 0 saturated carbocycles. The van der Waals surface area contributed by atoms with Crippen molar-refractivity contribution in [1.82, 2.24) is 14.9 Å². The van der Waals surface area contributed by atoms with Gasteiger partial charge in [-0.1, -0.05) is 42.1 Å². The zero-order valence-corrected chi connectivity index (χ0v) is 17.6. The number of nitro groups is 1. The minimum atomic E-state index is -0.425. The fourth-order valence-electron chi connectivity index (χ4n) is 3.37. The lowest BCUT2D eigenvalue weighted by Crippen LogP contribution is -2.32. The molecule has 8 nitrogen and oxygen atoms in total. The van der Waals surface area contributed by atoms with Crippen molar-refractivity contribution in [3.8, 4) is 16.9 Å². The monoisotopic (exact) mass is 438 g/mol. The van der Waals surface area contributed by atoms with Crippen LogP contribution in [0.2, 0.25) is 0 Å². The maximum absolute atomic E-state index is 12.3. The molecular weight excluding hydrogens is 416 g/mol. The predicted octanol–water partition coefficient (Wildman–Crippen LogP) is 3.83. The summed E-state index contributed by atoms with van der Waals surface area (Å²) in [7, 11) is 0. The van der Waals surface area contributed by atoms with Crippen LogP contribution in [0.3, 0.4) is 0 Å². The van der Waals surface area contributed by atoms with Crippen LogP contribution in [0, 0.1) is 10.1 Å². The summed E-state index contributed by atoms with van der Waals surface area (Å²) in [6, 6.07) is 16.0. The van der Waals surface area contributed by atoms with Crippen molar-refractivity contribution < 1.29 is 14.5 Å². The van der Waals surface area contributed by atoms with Crippen LogP contribution < -0.4 is 5.32 Å². The Kier molecular flexibility index (Phi) is 6.63. The summed E-state index contributed by atoms with van der Waals surface area (Å²) in [6.45, 7) is 1.27. The number of nitro benzene ring substituents is 1. The molecule has 4 rings (SSSR count). The molecule has 160 valence electrons. The van der Waals surface area contributed by atoms with E-state index in [1.165, 1.54) is 23.9 Å². The third kappa shape index (κ3) is 5.31. The minimum absolute atomic E-state index is 0.00877. The fourth-order valence-corrected chi connectivity index (χ4v) is 4.19. The number of carbonyl (C=O) groups is 1. The number of aromatic nitrogens is 2. The SMILES string of the molecule is O=C(CSc1nc(-c2cccc([N+](=O)[O-])c2)cn1-c1ccccc1)NC[C@H]1CCCO1. The van der Waals surface area contributed by atoms with Crippen molar-refractivity contribution in [1.29, 1.82) is 0 Å². The second-order valence-corrected chi connectivity index (χ2v) is 8.09. The summed E-state index contributed by atoms with van der Waals surface area (Å²) >= 11 is 1.32. The van der Waals surface area contributed by atoms with Gasteiger partial charge >= 0.3 is 0 Å². The van der Waals surface area contributed by atoms with E-state index in [-0.39, 0.29) is 23.5 Å². The summed E-state index contributed by atoms with van der Waals surface area (Å²) in [5.41, 5.74) is 2.16. The highest BCUT2D eigenvalue weighted by Crippen LogP contribution is 2.29. The van der Waals surface area contributed by atoms with Gasteiger partial charge in [0, 0.05) is 42.7 Å². The number of para-hydroxylation sites is 1. The average Bonchev–Trinajstić information content (AvgIpc) is 3.47. The Labute approximate surface area is 183 Å². The first-order valence-corrected chi connectivity index (χ1v) is 11.0. The van der Waals surface area contributed by atoms with Crippen molar-refractivity contribution in [2.45, 2.75) is 24.1 Å². The lowest BCUT2D eigenvalue weighted by atomic mass is 10.1. The molecule has 1 fully saturated rings. The second-order valence-electron chi connectivity index (χ2n) is 7.15. The van der Waals surface area contributed by atoms with Gasteiger partial charge in [0.1, 0.15) is 0 Å². The lowest BCUT2D eigenvalue weighted by Gasteiger charge is -2.11. The number of imidazole rings is 1. The van der Waals surface area contributed by atoms with Crippen molar-refractivity contribution in [2.24, 2.45) is 0 Å². The van der Waals surface area contributed by atoms with Crippen LogP contribution in [-0.2, 0) is 9.53 Å². The first-order chi connectivity index (χ1) is 15.1. The van der Waals surface area contributed by atoms with Gasteiger partial charge in [-0.2, -0.15) is 0 Å². The number of benzene rings is 2. The van der Waals surface area contributed by atoms with Crippen LogP contribution in [-0.4, -0.2) is 45.4 Å². The Bertz CT molecular complexity index is 1060. The van der Waals surface area contributed by atoms with Crippen molar-refractivity contribution in [3.05, 3.63) is 70.9 Å². The summed E-state index contributed by atoms with van der Waals surface area (Å²) in [6.07, 6.45) is 3.93. The molecule has 0 spiro atoms. The third-order valence-electron chi connectivity index (χ3n) is 4.94. The predicted molar refractivity (Wildman–Crippen MR) is 118 cm³/mol. The number of nitrogens with zero attached hydrogens (tertiary/aromatic N) is 3. The minimum Gasteiger partial charge on any atom is -0.376 e. The van der Waals surface area contributed by atoms with Crippen LogP contribution in [0.5, 0.6) is 0 Å². The van der Waals surface area contributed by atoms with Gasteiger partial charge in [0.2, 0.25) is 5.91 Å². The number of rotatable bonds is 8. The Morgan fingerprint density at radius 1 is 1.26 bits per heavy atom. The van der Waals surface area contributed by atoms with E-state index in [2.05, 4.69) is 10.3 Å². The van der Waals surface area contributed by atoms with Gasteiger partial charge in [0.15, 0.2) is 5.16 Å². The van der Waals surface area contributed by atoms with Gasteiger partial charge in [-0.05, 0) is 25.0 Å². The molecule has 1 N–H and O–H groups in total. The Balaban J connectivity index is 1.53. The first-order valence-electron chi connectivity index (χ1n) is 10.0. The molecular formula is C22H22N4O4S. The van der Waals surface area contributed by atoms with E-state index in [1.807, 2.05) is 41.1 Å². The molecule has 1 aliphatic heterocycles. The van der Waals surface area contributed by atoms with Crippen molar-refractivity contribution in [3.63, 3.8) is 0 Å². The van der Waals surface area contributed by atoms with Gasteiger partial charge in [-0.25, -0.2) is 4.98 Å². The molecule has 0 unspecified atom stereocenters. The number of hydrogen-bond acceptors (Lipinski definition) is 6. The van der Waals surface area contributed by atoms with Gasteiger partial charge in [0.25, 0.3) is 5.69 Å². The lowest BCUT2D eigenvalue weighted by molar-refractivity contribution is -0.384. The fraction of sp³-hybridized carbons (Fsp3) is 0.273. The Morgan fingerprint density at radius 2 is 2.10 bits per heavy atom. The molecule has 1 aliphatic rings. The molecule has 2 heterocycles. The van der Waals surface area contributed by atoms with E-state index in [0.717, 1.165) is 25.1 Å². The smallest absolute Gasteiger partial charge is 0.270 e. The second kappa shape index (κ2) is 9.76. The first kappa shape index (κ1) is 21.1. The largest absolute Gasteiger partial charge is 0.376 e. The van der Waals surface area contributed by atoms with Crippen LogP contribution in [0.15, 0.2) is 66.0 Å². The third-order valence-corrected chi connectivity index (χ3v) is 5.90. The number of non-ortho nitro benzene ring substituents is 1. The molecule has 1 amide bonds. The topological polar surface area (TPSA) is 99.3 Å². The van der Waals surface area contributed by atoms with E-state index in [9.17, 15) is 14.9 Å². The average molecular weight is 439 g/mol. The normalized spacial score (nSPS) is 15.7. The van der Waals surface area contributed by atoms with Crippen LogP contribution in [0.25, 0.3) is 16.9 Å². The molecule has 31 heavy (non-hydrogen) atoms.